The first-order chi connectivity index (χ1) is 34.7. The predicted molar refractivity (Wildman–Crippen MR) is 266 cm³/mol. The molecule has 1 aromatic heterocycles. The van der Waals surface area contributed by atoms with Gasteiger partial charge in [0, 0.05) is 86.2 Å². The van der Waals surface area contributed by atoms with Crippen molar-refractivity contribution >= 4 is 46.3 Å². The number of carbonyl (C=O) groups excluding carboxylic acids is 4. The monoisotopic (exact) mass is 1010 g/mol. The van der Waals surface area contributed by atoms with Crippen LogP contribution in [0.15, 0.2) is 71.5 Å². The van der Waals surface area contributed by atoms with Crippen LogP contribution in [0.5, 0.6) is 11.5 Å². The van der Waals surface area contributed by atoms with Gasteiger partial charge in [-0.2, -0.15) is 0 Å². The number of imidazole rings is 1. The molecule has 1 unspecified atom stereocenters. The highest BCUT2D eigenvalue weighted by atomic mass is 35.5. The lowest BCUT2D eigenvalue weighted by Crippen LogP contribution is -2.56. The van der Waals surface area contributed by atoms with Crippen LogP contribution in [0, 0.1) is 23.5 Å². The van der Waals surface area contributed by atoms with E-state index in [4.69, 9.17) is 26.8 Å². The van der Waals surface area contributed by atoms with Crippen molar-refractivity contribution in [2.45, 2.75) is 87.8 Å². The van der Waals surface area contributed by atoms with Crippen LogP contribution in [0.2, 0.25) is 5.02 Å². The Hall–Kier alpha value is -6.14. The van der Waals surface area contributed by atoms with Gasteiger partial charge in [0.25, 0.3) is 0 Å². The zero-order valence-corrected chi connectivity index (χ0v) is 41.2. The van der Waals surface area contributed by atoms with Gasteiger partial charge in [-0.15, -0.1) is 0 Å². The molecule has 72 heavy (non-hydrogen) atoms. The molecule has 3 saturated heterocycles. The predicted octanol–water partition coefficient (Wildman–Crippen LogP) is 6.26. The van der Waals surface area contributed by atoms with Gasteiger partial charge in [-0.3, -0.25) is 33.6 Å². The van der Waals surface area contributed by atoms with Crippen LogP contribution >= 0.6 is 11.6 Å². The number of nitrogens with zero attached hydrogens (tertiary/aromatic N) is 4. The van der Waals surface area contributed by atoms with Gasteiger partial charge in [-0.05, 0) is 99.3 Å². The number of rotatable bonds is 14. The van der Waals surface area contributed by atoms with Gasteiger partial charge in [0.2, 0.25) is 23.6 Å². The SMILES string of the molecule is C[C@H]1c2c(cc(F)c(Cl)c2-c2c(C(N)=O)ccc(OCCO)c2F)O[C@]1(CNC1CCC(C(=O)N2CC(CN3CCC(c4ccc5c(c4)n(C)c(=O)n5C4CCC(=O)NC4=O)CC3)C2)CC1)c1ccccc1. The summed E-state index contributed by atoms with van der Waals surface area (Å²) in [5.74, 6) is -3.31. The van der Waals surface area contributed by atoms with Crippen molar-refractivity contribution in [3.63, 3.8) is 0 Å². The van der Waals surface area contributed by atoms with Crippen LogP contribution < -0.4 is 31.5 Å². The first-order valence-electron chi connectivity index (χ1n) is 25.1. The molecule has 18 heteroatoms. The second-order valence-electron chi connectivity index (χ2n) is 20.3. The molecule has 1 saturated carbocycles. The number of aryl methyl sites for hydroxylation is 1. The van der Waals surface area contributed by atoms with Crippen molar-refractivity contribution in [1.82, 2.24) is 29.6 Å². The van der Waals surface area contributed by atoms with Crippen LogP contribution in [0.1, 0.15) is 103 Å². The number of halogens is 3. The highest BCUT2D eigenvalue weighted by Crippen LogP contribution is 2.56. The summed E-state index contributed by atoms with van der Waals surface area (Å²) in [6.45, 7) is 5.92. The molecule has 4 aliphatic heterocycles. The minimum Gasteiger partial charge on any atom is -0.488 e. The molecule has 15 nitrogen and oxygen atoms in total. The molecule has 3 atom stereocenters. The van der Waals surface area contributed by atoms with Gasteiger partial charge in [-0.1, -0.05) is 54.9 Å². The third kappa shape index (κ3) is 8.96. The van der Waals surface area contributed by atoms with E-state index in [1.807, 2.05) is 48.2 Å². The lowest BCUT2D eigenvalue weighted by Gasteiger charge is -2.45. The topological polar surface area (TPSA) is 190 Å². The summed E-state index contributed by atoms with van der Waals surface area (Å²) >= 11 is 6.71. The normalized spacial score (nSPS) is 23.9. The number of aliphatic hydroxyl groups is 1. The van der Waals surface area contributed by atoms with Gasteiger partial charge < -0.3 is 35.4 Å². The maximum atomic E-state index is 16.5. The second kappa shape index (κ2) is 20.0. The first-order valence-corrected chi connectivity index (χ1v) is 25.5. The number of nitrogens with two attached hydrogens (primary N) is 1. The van der Waals surface area contributed by atoms with Crippen molar-refractivity contribution in [3.8, 4) is 22.6 Å². The number of aromatic nitrogens is 2. The Morgan fingerprint density at radius 1 is 0.944 bits per heavy atom. The number of hydrogen-bond acceptors (Lipinski definition) is 10. The third-order valence-corrected chi connectivity index (χ3v) is 16.5. The summed E-state index contributed by atoms with van der Waals surface area (Å²) in [5, 5.41) is 15.1. The molecule has 4 fully saturated rings. The molecule has 5 heterocycles. The molecule has 5 aromatic rings. The molecular weight excluding hydrogens is 948 g/mol. The quantitative estimate of drug-likeness (QED) is 0.0924. The Balaban J connectivity index is 0.740. The maximum Gasteiger partial charge on any atom is 0.329 e. The molecule has 4 aromatic carbocycles. The van der Waals surface area contributed by atoms with Gasteiger partial charge in [0.1, 0.15) is 24.2 Å². The van der Waals surface area contributed by atoms with Gasteiger partial charge in [-0.25, -0.2) is 13.6 Å². The Labute approximate surface area is 420 Å². The number of likely N-dealkylation sites (tertiary alicyclic amines) is 2. The first kappa shape index (κ1) is 49.4. The summed E-state index contributed by atoms with van der Waals surface area (Å²) in [6, 6.07) is 18.7. The molecule has 380 valence electrons. The molecule has 5 N–H and O–H groups in total. The van der Waals surface area contributed by atoms with Crippen LogP contribution in [0.25, 0.3) is 22.2 Å². The summed E-state index contributed by atoms with van der Waals surface area (Å²) in [7, 11) is 1.72. The Morgan fingerprint density at radius 2 is 1.68 bits per heavy atom. The van der Waals surface area contributed by atoms with E-state index in [9.17, 15) is 29.1 Å². The number of imide groups is 1. The third-order valence-electron chi connectivity index (χ3n) is 16.1. The Morgan fingerprint density at radius 3 is 2.38 bits per heavy atom. The minimum atomic E-state index is -1.11. The van der Waals surface area contributed by atoms with E-state index in [0.29, 0.717) is 35.9 Å². The van der Waals surface area contributed by atoms with Crippen molar-refractivity contribution in [3.05, 3.63) is 116 Å². The number of ether oxygens (including phenoxy) is 2. The van der Waals surface area contributed by atoms with Crippen LogP contribution in [0.3, 0.4) is 0 Å². The van der Waals surface area contributed by atoms with E-state index >= 15 is 8.78 Å². The Kier molecular flexibility index (Phi) is 13.8. The number of carbonyl (C=O) groups is 4. The molecule has 0 bridgehead atoms. The van der Waals surface area contributed by atoms with Crippen molar-refractivity contribution in [1.29, 1.82) is 0 Å². The summed E-state index contributed by atoms with van der Waals surface area (Å²) in [5.41, 5.74) is 7.63. The number of benzene rings is 4. The number of fused-ring (bicyclic) bond motifs is 2. The summed E-state index contributed by atoms with van der Waals surface area (Å²) in [6.07, 6.45) is 5.45. The molecule has 0 radical (unpaired) electrons. The van der Waals surface area contributed by atoms with Gasteiger partial charge >= 0.3 is 5.69 Å². The van der Waals surface area contributed by atoms with Gasteiger partial charge in [0.15, 0.2) is 17.2 Å². The van der Waals surface area contributed by atoms with Gasteiger partial charge in [0.05, 0.1) is 28.2 Å². The maximum absolute atomic E-state index is 16.5. The molecule has 4 amide bonds. The van der Waals surface area contributed by atoms with Crippen molar-refractivity contribution in [2.24, 2.45) is 24.6 Å². The number of hydrogen-bond donors (Lipinski definition) is 4. The van der Waals surface area contributed by atoms with E-state index < -0.39 is 46.0 Å². The highest BCUT2D eigenvalue weighted by molar-refractivity contribution is 6.34. The van der Waals surface area contributed by atoms with Crippen LogP contribution in [-0.2, 0) is 27.0 Å². The number of amides is 4. The van der Waals surface area contributed by atoms with E-state index in [1.54, 1.807) is 11.6 Å². The van der Waals surface area contributed by atoms with Crippen LogP contribution in [0.4, 0.5) is 8.78 Å². The standard InChI is InChI=1S/C54H60ClF2N7O8/c1-30-45-43(25-38(56)48(55)47(45)46-37(50(58)67)13-16-42(49(46)57)71-23-22-65)72-54(30,35-6-4-3-5-7-35)29-59-36-11-8-33(9-12-36)52(69)63-27-31(28-63)26-62-20-18-32(19-21-62)34-10-14-39-41(24-34)61(2)53(70)64(39)40-15-17-44(66)60-51(40)68/h3-7,10,13-14,16,24-25,30-33,36,40,59,65H,8-9,11-12,15,17-23,26-29H2,1-2H3,(H2,58,67)(H,60,66,68)/t30-,33?,36?,40?,54-/m0/s1. The zero-order chi connectivity index (χ0) is 50.6. The number of piperidine rings is 2. The average Bonchev–Trinajstić information content (AvgIpc) is 3.79. The molecular formula is C54H60ClF2N7O8. The van der Waals surface area contributed by atoms with E-state index in [1.165, 1.54) is 28.3 Å². The fraction of sp³-hybridized carbons (Fsp3) is 0.463. The second-order valence-corrected chi connectivity index (χ2v) is 20.7. The number of aliphatic hydroxyl groups excluding tert-OH is 1. The van der Waals surface area contributed by atoms with E-state index in [2.05, 4.69) is 27.7 Å². The average molecular weight is 1010 g/mol. The summed E-state index contributed by atoms with van der Waals surface area (Å²) < 4.78 is 47.7. The van der Waals surface area contributed by atoms with E-state index in [0.717, 1.165) is 82.3 Å². The fourth-order valence-corrected chi connectivity index (χ4v) is 12.4. The number of nitrogens with one attached hydrogen (secondary N) is 2. The highest BCUT2D eigenvalue weighted by Gasteiger charge is 2.50. The molecule has 1 aliphatic carbocycles. The zero-order valence-electron chi connectivity index (χ0n) is 40.4. The van der Waals surface area contributed by atoms with Crippen LogP contribution in [-0.4, -0.2) is 106 Å². The lowest BCUT2D eigenvalue weighted by molar-refractivity contribution is -0.143. The van der Waals surface area contributed by atoms with Crippen molar-refractivity contribution in [2.75, 3.05) is 52.5 Å². The van der Waals surface area contributed by atoms with E-state index in [-0.39, 0.29) is 77.3 Å². The fourth-order valence-electron chi connectivity index (χ4n) is 12.1. The molecule has 0 spiro atoms. The van der Waals surface area contributed by atoms with Crippen molar-refractivity contribution < 1.29 is 42.5 Å². The minimum absolute atomic E-state index is 0.0574. The number of primary amides is 1. The largest absolute Gasteiger partial charge is 0.488 e. The molecule has 5 aliphatic rings. The Bertz CT molecular complexity index is 3000. The lowest BCUT2D eigenvalue weighted by atomic mass is 9.77. The summed E-state index contributed by atoms with van der Waals surface area (Å²) in [4.78, 5) is 68.8. The smallest absolute Gasteiger partial charge is 0.329 e. The molecule has 10 rings (SSSR count).